The molecule has 0 bridgehead atoms. The molecule has 10 heteroatoms. The molecule has 0 saturated carbocycles. The molecule has 0 aliphatic rings. The van der Waals surface area contributed by atoms with Gasteiger partial charge >= 0.3 is 14.6 Å². The van der Waals surface area contributed by atoms with Crippen LogP contribution in [0.25, 0.3) is 0 Å². The minimum Gasteiger partial charge on any atom is -0.402 e. The molecule has 4 N–H and O–H groups in total. The van der Waals surface area contributed by atoms with E-state index in [0.29, 0.717) is 13.2 Å². The van der Waals surface area contributed by atoms with Crippen LogP contribution in [0.2, 0.25) is 0 Å². The standard InChI is InChI=1S/C6H16B2O8/c9-7(10)15-5-3-13-1-2-14-4-6-16-8(11)12/h9-12H,1-6H2. The van der Waals surface area contributed by atoms with E-state index in [1.54, 1.807) is 0 Å². The maximum atomic E-state index is 8.30. The van der Waals surface area contributed by atoms with Gasteiger partial charge in [0.2, 0.25) is 0 Å². The van der Waals surface area contributed by atoms with E-state index in [0.717, 1.165) is 0 Å². The van der Waals surface area contributed by atoms with Crippen molar-refractivity contribution in [1.29, 1.82) is 0 Å². The second-order valence-corrected chi connectivity index (χ2v) is 2.62. The molecule has 0 aromatic heterocycles. The van der Waals surface area contributed by atoms with Gasteiger partial charge in [-0.25, -0.2) is 0 Å². The van der Waals surface area contributed by atoms with Crippen molar-refractivity contribution in [2.75, 3.05) is 39.6 Å². The SMILES string of the molecule is OB(O)OCCOCCOCCOB(O)O. The van der Waals surface area contributed by atoms with E-state index in [9.17, 15) is 0 Å². The molecule has 0 amide bonds. The van der Waals surface area contributed by atoms with Gasteiger partial charge in [0, 0.05) is 0 Å². The fourth-order valence-corrected chi connectivity index (χ4v) is 0.747. The molecule has 0 radical (unpaired) electrons. The van der Waals surface area contributed by atoms with Crippen LogP contribution in [0, 0.1) is 0 Å². The third-order valence-electron chi connectivity index (χ3n) is 1.36. The van der Waals surface area contributed by atoms with Crippen LogP contribution < -0.4 is 0 Å². The normalized spacial score (nSPS) is 10.5. The first-order valence-corrected chi connectivity index (χ1v) is 4.74. The molecular formula is C6H16B2O8. The average molecular weight is 238 g/mol. The lowest BCUT2D eigenvalue weighted by Crippen LogP contribution is -2.21. The molecule has 8 nitrogen and oxygen atoms in total. The number of rotatable bonds is 11. The zero-order valence-corrected chi connectivity index (χ0v) is 8.82. The van der Waals surface area contributed by atoms with Crippen molar-refractivity contribution in [3.63, 3.8) is 0 Å². The molecule has 0 fully saturated rings. The molecule has 0 aromatic rings. The van der Waals surface area contributed by atoms with E-state index < -0.39 is 14.6 Å². The summed E-state index contributed by atoms with van der Waals surface area (Å²) in [4.78, 5) is 0. The molecule has 0 aromatic carbocycles. The summed E-state index contributed by atoms with van der Waals surface area (Å²) in [7, 11) is -3.55. The van der Waals surface area contributed by atoms with Crippen LogP contribution in [0.5, 0.6) is 0 Å². The van der Waals surface area contributed by atoms with E-state index in [-0.39, 0.29) is 26.4 Å². The Morgan fingerprint density at radius 3 is 1.19 bits per heavy atom. The molecule has 0 heterocycles. The topological polar surface area (TPSA) is 118 Å². The maximum Gasteiger partial charge on any atom is 0.633 e. The van der Waals surface area contributed by atoms with Crippen molar-refractivity contribution in [3.8, 4) is 0 Å². The van der Waals surface area contributed by atoms with Gasteiger partial charge in [0.15, 0.2) is 0 Å². The van der Waals surface area contributed by atoms with Crippen LogP contribution >= 0.6 is 0 Å². The summed E-state index contributed by atoms with van der Waals surface area (Å²) >= 11 is 0. The van der Waals surface area contributed by atoms with Crippen LogP contribution in [-0.2, 0) is 18.8 Å². The van der Waals surface area contributed by atoms with Gasteiger partial charge in [0.1, 0.15) is 0 Å². The highest BCUT2D eigenvalue weighted by atomic mass is 16.6. The number of hydrogen-bond donors (Lipinski definition) is 4. The zero-order chi connectivity index (χ0) is 12.2. The first kappa shape index (κ1) is 15.8. The number of ether oxygens (including phenoxy) is 2. The van der Waals surface area contributed by atoms with Crippen molar-refractivity contribution >= 4 is 14.6 Å². The number of hydrogen-bond acceptors (Lipinski definition) is 8. The van der Waals surface area contributed by atoms with Gasteiger partial charge in [-0.15, -0.1) is 0 Å². The van der Waals surface area contributed by atoms with Crippen molar-refractivity contribution in [1.82, 2.24) is 0 Å². The molecule has 0 unspecified atom stereocenters. The minimum atomic E-state index is -1.78. The zero-order valence-electron chi connectivity index (χ0n) is 8.82. The Kier molecular flexibility index (Phi) is 11.2. The summed E-state index contributed by atoms with van der Waals surface area (Å²) in [6, 6.07) is 0. The Hall–Kier alpha value is -0.190. The molecule has 94 valence electrons. The Labute approximate surface area is 94.1 Å². The summed E-state index contributed by atoms with van der Waals surface area (Å²) in [6.07, 6.45) is 0. The monoisotopic (exact) mass is 238 g/mol. The predicted octanol–water partition coefficient (Wildman–Crippen LogP) is -3.01. The van der Waals surface area contributed by atoms with Gasteiger partial charge in [-0.2, -0.15) is 0 Å². The molecule has 0 aliphatic carbocycles. The van der Waals surface area contributed by atoms with Gasteiger partial charge in [0.25, 0.3) is 0 Å². The Balaban J connectivity index is 2.93. The third kappa shape index (κ3) is 13.8. The molecule has 0 atom stereocenters. The lowest BCUT2D eigenvalue weighted by atomic mass is 10.3. The molecule has 0 aliphatic heterocycles. The Morgan fingerprint density at radius 1 is 0.562 bits per heavy atom. The molecule has 0 saturated heterocycles. The highest BCUT2D eigenvalue weighted by Crippen LogP contribution is 1.83. The molecule has 0 rings (SSSR count). The predicted molar refractivity (Wildman–Crippen MR) is 53.9 cm³/mol. The van der Waals surface area contributed by atoms with Crippen molar-refractivity contribution < 1.29 is 38.9 Å². The smallest absolute Gasteiger partial charge is 0.402 e. The van der Waals surface area contributed by atoms with Gasteiger partial charge in [0.05, 0.1) is 39.6 Å². The fraction of sp³-hybridized carbons (Fsp3) is 1.00. The van der Waals surface area contributed by atoms with Gasteiger partial charge < -0.3 is 38.9 Å². The van der Waals surface area contributed by atoms with Crippen LogP contribution in [0.4, 0.5) is 0 Å². The molecule has 0 spiro atoms. The summed E-state index contributed by atoms with van der Waals surface area (Å²) in [5, 5.41) is 33.2. The lowest BCUT2D eigenvalue weighted by molar-refractivity contribution is 0.0177. The minimum absolute atomic E-state index is 0.0808. The maximum absolute atomic E-state index is 8.30. The van der Waals surface area contributed by atoms with Gasteiger partial charge in [-0.3, -0.25) is 0 Å². The van der Waals surface area contributed by atoms with Crippen LogP contribution in [-0.4, -0.2) is 74.4 Å². The van der Waals surface area contributed by atoms with Crippen LogP contribution in [0.15, 0.2) is 0 Å². The second-order valence-electron chi connectivity index (χ2n) is 2.62. The van der Waals surface area contributed by atoms with Crippen LogP contribution in [0.3, 0.4) is 0 Å². The third-order valence-corrected chi connectivity index (χ3v) is 1.36. The van der Waals surface area contributed by atoms with E-state index in [2.05, 4.69) is 9.31 Å². The molecular weight excluding hydrogens is 222 g/mol. The fourth-order valence-electron chi connectivity index (χ4n) is 0.747. The quantitative estimate of drug-likeness (QED) is 0.222. The first-order chi connectivity index (χ1) is 7.63. The van der Waals surface area contributed by atoms with Crippen molar-refractivity contribution in [3.05, 3.63) is 0 Å². The summed E-state index contributed by atoms with van der Waals surface area (Å²) < 4.78 is 18.8. The lowest BCUT2D eigenvalue weighted by Gasteiger charge is -2.06. The van der Waals surface area contributed by atoms with E-state index in [1.807, 2.05) is 0 Å². The largest absolute Gasteiger partial charge is 0.633 e. The van der Waals surface area contributed by atoms with E-state index in [4.69, 9.17) is 29.6 Å². The van der Waals surface area contributed by atoms with E-state index >= 15 is 0 Å². The highest BCUT2D eigenvalue weighted by Gasteiger charge is 2.07. The molecule has 16 heavy (non-hydrogen) atoms. The highest BCUT2D eigenvalue weighted by molar-refractivity contribution is 6.32. The van der Waals surface area contributed by atoms with Crippen molar-refractivity contribution in [2.24, 2.45) is 0 Å². The summed E-state index contributed by atoms with van der Waals surface area (Å²) in [5.74, 6) is 0. The van der Waals surface area contributed by atoms with E-state index in [1.165, 1.54) is 0 Å². The first-order valence-electron chi connectivity index (χ1n) is 4.74. The van der Waals surface area contributed by atoms with Crippen LogP contribution in [0.1, 0.15) is 0 Å². The Bertz CT molecular complexity index is 130. The second kappa shape index (κ2) is 11.3. The summed E-state index contributed by atoms with van der Waals surface area (Å²) in [6.45, 7) is 1.27. The van der Waals surface area contributed by atoms with Gasteiger partial charge in [-0.05, 0) is 0 Å². The van der Waals surface area contributed by atoms with Gasteiger partial charge in [-0.1, -0.05) is 0 Å². The summed E-state index contributed by atoms with van der Waals surface area (Å²) in [5.41, 5.74) is 0. The van der Waals surface area contributed by atoms with Crippen molar-refractivity contribution in [2.45, 2.75) is 0 Å². The average Bonchev–Trinajstić information content (AvgIpc) is 2.20. The Morgan fingerprint density at radius 2 is 0.875 bits per heavy atom.